The highest BCUT2D eigenvalue weighted by molar-refractivity contribution is 5.95. The van der Waals surface area contributed by atoms with Gasteiger partial charge in [0.2, 0.25) is 17.9 Å². The third-order valence-electron chi connectivity index (χ3n) is 7.69. The summed E-state index contributed by atoms with van der Waals surface area (Å²) in [6, 6.07) is 0. The van der Waals surface area contributed by atoms with Gasteiger partial charge in [-0.3, -0.25) is 9.59 Å². The van der Waals surface area contributed by atoms with Crippen molar-refractivity contribution in [3.8, 4) is 11.5 Å². The molecule has 3 heterocycles. The Morgan fingerprint density at radius 2 is 1.92 bits per heavy atom. The number of aliphatic hydroxyl groups excluding tert-OH is 4. The molecule has 0 saturated carbocycles. The summed E-state index contributed by atoms with van der Waals surface area (Å²) in [7, 11) is 1.43. The van der Waals surface area contributed by atoms with Gasteiger partial charge in [0, 0.05) is 35.4 Å². The molecule has 2 aromatic rings. The van der Waals surface area contributed by atoms with E-state index in [2.05, 4.69) is 5.32 Å². The number of furan rings is 1. The number of ether oxygens (including phenoxy) is 4. The van der Waals surface area contributed by atoms with Crippen LogP contribution in [0.4, 0.5) is 0 Å². The molecular weight excluding hydrogens is 502 g/mol. The molecule has 1 aromatic carbocycles. The van der Waals surface area contributed by atoms with Gasteiger partial charge in [0.25, 0.3) is 0 Å². The lowest BCUT2D eigenvalue weighted by Gasteiger charge is -2.40. The SMILES string of the molecule is CCOC(=O)[C@@H]1CCc2c(c(O[C@H]3O[C@H](CO)[C@@H](O)[C@H](O)[C@H]3O)c(OC)c3occ([C@H]4CNC(=O)C4)c23)C1. The number of hydrogen-bond donors (Lipinski definition) is 5. The first-order chi connectivity index (χ1) is 18.3. The fraction of sp³-hybridized carbons (Fsp3) is 0.615. The van der Waals surface area contributed by atoms with Crippen LogP contribution in [0.3, 0.4) is 0 Å². The van der Waals surface area contributed by atoms with E-state index in [1.807, 2.05) is 0 Å². The molecule has 0 radical (unpaired) electrons. The highest BCUT2D eigenvalue weighted by Crippen LogP contribution is 2.50. The van der Waals surface area contributed by atoms with E-state index >= 15 is 0 Å². The number of nitrogens with one attached hydrogen (secondary N) is 1. The molecule has 2 fully saturated rings. The maximum Gasteiger partial charge on any atom is 0.309 e. The van der Waals surface area contributed by atoms with Crippen LogP contribution < -0.4 is 14.8 Å². The zero-order chi connectivity index (χ0) is 27.1. The van der Waals surface area contributed by atoms with Crippen LogP contribution in [0.1, 0.15) is 42.4 Å². The maximum atomic E-state index is 12.7. The fourth-order valence-electron chi connectivity index (χ4n) is 5.71. The predicted molar refractivity (Wildman–Crippen MR) is 130 cm³/mol. The largest absolute Gasteiger partial charge is 0.490 e. The Hall–Kier alpha value is -2.90. The predicted octanol–water partition coefficient (Wildman–Crippen LogP) is -0.108. The molecule has 12 nitrogen and oxygen atoms in total. The quantitative estimate of drug-likeness (QED) is 0.299. The summed E-state index contributed by atoms with van der Waals surface area (Å²) in [5.74, 6) is -0.577. The third-order valence-corrected chi connectivity index (χ3v) is 7.69. The molecular formula is C26H33NO11. The Labute approximate surface area is 218 Å². The van der Waals surface area contributed by atoms with E-state index in [1.54, 1.807) is 13.2 Å². The minimum absolute atomic E-state index is 0.0462. The van der Waals surface area contributed by atoms with Crippen LogP contribution >= 0.6 is 0 Å². The second-order valence-corrected chi connectivity index (χ2v) is 9.93. The molecule has 3 aliphatic rings. The van der Waals surface area contributed by atoms with Crippen LogP contribution in [0.15, 0.2) is 10.7 Å². The number of hydrogen-bond acceptors (Lipinski definition) is 11. The van der Waals surface area contributed by atoms with Crippen LogP contribution in [0.5, 0.6) is 11.5 Å². The van der Waals surface area contributed by atoms with Crippen molar-refractivity contribution in [1.29, 1.82) is 0 Å². The van der Waals surface area contributed by atoms with Crippen molar-refractivity contribution < 1.29 is 53.4 Å². The number of carbonyl (C=O) groups excluding carboxylic acids is 2. The van der Waals surface area contributed by atoms with Gasteiger partial charge in [-0.2, -0.15) is 0 Å². The summed E-state index contributed by atoms with van der Waals surface area (Å²) >= 11 is 0. The number of rotatable bonds is 7. The van der Waals surface area contributed by atoms with Crippen LogP contribution in [0.2, 0.25) is 0 Å². The molecule has 7 atom stereocenters. The van der Waals surface area contributed by atoms with E-state index < -0.39 is 43.2 Å². The molecule has 2 aliphatic heterocycles. The first-order valence-electron chi connectivity index (χ1n) is 12.8. The van der Waals surface area contributed by atoms with E-state index in [9.17, 15) is 30.0 Å². The minimum atomic E-state index is -1.64. The number of amides is 1. The van der Waals surface area contributed by atoms with E-state index in [4.69, 9.17) is 23.4 Å². The lowest BCUT2D eigenvalue weighted by molar-refractivity contribution is -0.277. The summed E-state index contributed by atoms with van der Waals surface area (Å²) in [4.78, 5) is 24.6. The molecule has 12 heteroatoms. The Bertz CT molecular complexity index is 1210. The van der Waals surface area contributed by atoms with Crippen molar-refractivity contribution in [3.63, 3.8) is 0 Å². The molecule has 0 bridgehead atoms. The molecule has 1 aromatic heterocycles. The van der Waals surface area contributed by atoms with Crippen molar-refractivity contribution in [2.24, 2.45) is 5.92 Å². The first-order valence-corrected chi connectivity index (χ1v) is 12.8. The summed E-state index contributed by atoms with van der Waals surface area (Å²) in [6.45, 7) is 1.84. The topological polar surface area (TPSA) is 177 Å². The summed E-state index contributed by atoms with van der Waals surface area (Å²) in [5.41, 5.74) is 2.73. The summed E-state index contributed by atoms with van der Waals surface area (Å²) in [6.07, 6.45) is -4.26. The van der Waals surface area contributed by atoms with Crippen LogP contribution in [0, 0.1) is 5.92 Å². The molecule has 38 heavy (non-hydrogen) atoms. The molecule has 2 saturated heterocycles. The Morgan fingerprint density at radius 1 is 1.13 bits per heavy atom. The second kappa shape index (κ2) is 10.7. The van der Waals surface area contributed by atoms with Gasteiger partial charge in [0.1, 0.15) is 24.4 Å². The summed E-state index contributed by atoms with van der Waals surface area (Å²) < 4.78 is 28.7. The van der Waals surface area contributed by atoms with Gasteiger partial charge >= 0.3 is 5.97 Å². The van der Waals surface area contributed by atoms with Crippen molar-refractivity contribution in [2.45, 2.75) is 69.2 Å². The van der Waals surface area contributed by atoms with E-state index in [1.165, 1.54) is 7.11 Å². The van der Waals surface area contributed by atoms with Gasteiger partial charge in [-0.15, -0.1) is 0 Å². The van der Waals surface area contributed by atoms with Crippen molar-refractivity contribution in [3.05, 3.63) is 23.0 Å². The fourth-order valence-corrected chi connectivity index (χ4v) is 5.71. The Balaban J connectivity index is 1.63. The molecule has 208 valence electrons. The Kier molecular flexibility index (Phi) is 7.51. The van der Waals surface area contributed by atoms with Crippen LogP contribution in [-0.2, 0) is 31.9 Å². The zero-order valence-electron chi connectivity index (χ0n) is 21.2. The second-order valence-electron chi connectivity index (χ2n) is 9.93. The van der Waals surface area contributed by atoms with E-state index in [0.29, 0.717) is 37.0 Å². The number of aliphatic hydroxyl groups is 4. The van der Waals surface area contributed by atoms with Gasteiger partial charge in [-0.05, 0) is 31.7 Å². The highest BCUT2D eigenvalue weighted by atomic mass is 16.7. The highest BCUT2D eigenvalue weighted by Gasteiger charge is 2.46. The number of carbonyl (C=O) groups is 2. The number of esters is 1. The number of fused-ring (bicyclic) bond motifs is 3. The lowest BCUT2D eigenvalue weighted by atomic mass is 9.80. The minimum Gasteiger partial charge on any atom is -0.490 e. The number of methoxy groups -OCH3 is 1. The maximum absolute atomic E-state index is 12.7. The van der Waals surface area contributed by atoms with E-state index in [-0.39, 0.29) is 42.3 Å². The molecule has 1 aliphatic carbocycles. The number of aryl methyl sites for hydroxylation is 1. The van der Waals surface area contributed by atoms with Crippen LogP contribution in [0.25, 0.3) is 11.0 Å². The van der Waals surface area contributed by atoms with Crippen molar-refractivity contribution >= 4 is 22.8 Å². The average molecular weight is 536 g/mol. The van der Waals surface area contributed by atoms with Gasteiger partial charge in [0.15, 0.2) is 11.3 Å². The lowest BCUT2D eigenvalue weighted by Crippen LogP contribution is -2.60. The Morgan fingerprint density at radius 3 is 2.58 bits per heavy atom. The van der Waals surface area contributed by atoms with Crippen molar-refractivity contribution in [2.75, 3.05) is 26.9 Å². The van der Waals surface area contributed by atoms with E-state index in [0.717, 1.165) is 16.5 Å². The smallest absolute Gasteiger partial charge is 0.309 e. The normalized spacial score (nSPS) is 31.1. The van der Waals surface area contributed by atoms with Gasteiger partial charge in [-0.1, -0.05) is 0 Å². The molecule has 1 amide bonds. The molecule has 0 spiro atoms. The van der Waals surface area contributed by atoms with Crippen molar-refractivity contribution in [1.82, 2.24) is 5.32 Å². The first kappa shape index (κ1) is 26.7. The molecule has 5 N–H and O–H groups in total. The standard InChI is InChI=1S/C26H33NO11/c1-3-35-25(33)11-4-5-13-14(6-11)22(38-26-21(32)20(31)19(30)16(9-28)37-26)24(34-2)23-18(13)15(10-36-23)12-7-17(29)27-8-12/h10-12,16,19-21,26,28,30-32H,3-9H2,1-2H3,(H,27,29)/t11-,12-,16-,19-,20+,21-,26-/m1/s1. The number of benzene rings is 1. The third kappa shape index (κ3) is 4.50. The zero-order valence-corrected chi connectivity index (χ0v) is 21.2. The molecule has 0 unspecified atom stereocenters. The average Bonchev–Trinajstić information content (AvgIpc) is 3.55. The monoisotopic (exact) mass is 535 g/mol. The van der Waals surface area contributed by atoms with Gasteiger partial charge in [0.05, 0.1) is 32.5 Å². The van der Waals surface area contributed by atoms with Crippen LogP contribution in [-0.4, -0.2) is 89.9 Å². The van der Waals surface area contributed by atoms with Gasteiger partial charge < -0.3 is 49.1 Å². The summed E-state index contributed by atoms with van der Waals surface area (Å²) in [5, 5.41) is 44.3. The molecule has 5 rings (SSSR count). The van der Waals surface area contributed by atoms with Gasteiger partial charge in [-0.25, -0.2) is 0 Å².